The number of halogens is 1. The summed E-state index contributed by atoms with van der Waals surface area (Å²) in [6, 6.07) is 9.79. The van der Waals surface area contributed by atoms with E-state index in [4.69, 9.17) is 14.2 Å². The lowest BCUT2D eigenvalue weighted by Gasteiger charge is -2.30. The van der Waals surface area contributed by atoms with Crippen molar-refractivity contribution in [2.45, 2.75) is 32.2 Å². The number of hydrogen-bond acceptors (Lipinski definition) is 5. The van der Waals surface area contributed by atoms with Gasteiger partial charge in [0.15, 0.2) is 0 Å². The molecule has 0 amide bonds. The van der Waals surface area contributed by atoms with Crippen molar-refractivity contribution in [1.29, 1.82) is 0 Å². The Kier molecular flexibility index (Phi) is 6.75. The fourth-order valence-electron chi connectivity index (χ4n) is 2.24. The third-order valence-corrected chi connectivity index (χ3v) is 4.02. The molecule has 0 bridgehead atoms. The molecule has 24 heavy (non-hydrogen) atoms. The number of hydrogen-bond donors (Lipinski definition) is 0. The maximum Gasteiger partial charge on any atom is 0.303 e. The molecule has 0 fully saturated rings. The van der Waals surface area contributed by atoms with E-state index >= 15 is 0 Å². The minimum atomic E-state index is -0.581. The normalized spacial score (nSPS) is 23.6. The van der Waals surface area contributed by atoms with Gasteiger partial charge in [0.1, 0.15) is 18.8 Å². The molecular weight excluding hydrogens is 376 g/mol. The average Bonchev–Trinajstić information content (AvgIpc) is 2.55. The molecule has 1 aromatic rings. The van der Waals surface area contributed by atoms with Gasteiger partial charge >= 0.3 is 11.9 Å². The van der Waals surface area contributed by atoms with Gasteiger partial charge in [0, 0.05) is 18.3 Å². The van der Waals surface area contributed by atoms with Crippen LogP contribution in [0.15, 0.2) is 48.6 Å². The van der Waals surface area contributed by atoms with Crippen molar-refractivity contribution in [3.63, 3.8) is 0 Å². The highest BCUT2D eigenvalue weighted by molar-refractivity contribution is 9.15. The van der Waals surface area contributed by atoms with Crippen molar-refractivity contribution in [2.75, 3.05) is 6.61 Å². The van der Waals surface area contributed by atoms with Gasteiger partial charge < -0.3 is 14.2 Å². The number of benzene rings is 1. The highest BCUT2D eigenvalue weighted by atomic mass is 79.9. The van der Waals surface area contributed by atoms with Crippen LogP contribution in [0.5, 0.6) is 0 Å². The summed E-state index contributed by atoms with van der Waals surface area (Å²) in [6.45, 7) is 2.67. The quantitative estimate of drug-likeness (QED) is 0.566. The van der Waals surface area contributed by atoms with Gasteiger partial charge in [-0.25, -0.2) is 0 Å². The maximum atomic E-state index is 11.2. The maximum absolute atomic E-state index is 11.2. The van der Waals surface area contributed by atoms with Crippen LogP contribution in [-0.4, -0.2) is 36.9 Å². The molecule has 2 rings (SSSR count). The van der Waals surface area contributed by atoms with Crippen LogP contribution in [0.2, 0.25) is 0 Å². The monoisotopic (exact) mass is 394 g/mol. The highest BCUT2D eigenvalue weighted by Gasteiger charge is 2.30. The summed E-state index contributed by atoms with van der Waals surface area (Å²) in [6.07, 6.45) is 4.00. The molecule has 0 aliphatic carbocycles. The van der Waals surface area contributed by atoms with Crippen LogP contribution in [0, 0.1) is 0 Å². The Balaban J connectivity index is 2.12. The van der Waals surface area contributed by atoms with Crippen molar-refractivity contribution in [3.8, 4) is 0 Å². The molecule has 1 aliphatic heterocycles. The first-order valence-electron chi connectivity index (χ1n) is 7.53. The van der Waals surface area contributed by atoms with E-state index in [-0.39, 0.29) is 12.7 Å². The minimum Gasteiger partial charge on any atom is -0.463 e. The van der Waals surface area contributed by atoms with E-state index in [1.807, 2.05) is 42.5 Å². The molecule has 0 unspecified atom stereocenters. The van der Waals surface area contributed by atoms with Crippen LogP contribution in [0.1, 0.15) is 19.4 Å². The van der Waals surface area contributed by atoms with Gasteiger partial charge in [-0.05, 0) is 17.7 Å². The van der Waals surface area contributed by atoms with E-state index in [1.54, 1.807) is 6.08 Å². The van der Waals surface area contributed by atoms with Crippen LogP contribution in [0.25, 0.3) is 4.48 Å². The van der Waals surface area contributed by atoms with Gasteiger partial charge in [-0.15, -0.1) is 0 Å². The van der Waals surface area contributed by atoms with E-state index in [0.29, 0.717) is 0 Å². The first-order chi connectivity index (χ1) is 11.5. The molecule has 0 saturated heterocycles. The number of esters is 2. The Hall–Kier alpha value is -1.92. The van der Waals surface area contributed by atoms with Gasteiger partial charge in [0.25, 0.3) is 0 Å². The summed E-state index contributed by atoms with van der Waals surface area (Å²) in [7, 11) is 0. The third-order valence-electron chi connectivity index (χ3n) is 3.30. The minimum absolute atomic E-state index is 0.0188. The van der Waals surface area contributed by atoms with E-state index < -0.39 is 24.1 Å². The van der Waals surface area contributed by atoms with E-state index in [9.17, 15) is 9.59 Å². The molecule has 0 aromatic heterocycles. The highest BCUT2D eigenvalue weighted by Crippen LogP contribution is 2.25. The van der Waals surface area contributed by atoms with Crippen LogP contribution < -0.4 is 0 Å². The summed E-state index contributed by atoms with van der Waals surface area (Å²) in [5.74, 6) is -0.826. The molecule has 0 spiro atoms. The van der Waals surface area contributed by atoms with Crippen LogP contribution >= 0.6 is 15.9 Å². The number of ether oxygens (including phenoxy) is 3. The number of rotatable bonds is 5. The topological polar surface area (TPSA) is 61.8 Å². The molecule has 6 heteroatoms. The molecule has 128 valence electrons. The Morgan fingerprint density at radius 3 is 2.50 bits per heavy atom. The largest absolute Gasteiger partial charge is 0.463 e. The lowest BCUT2D eigenvalue weighted by atomic mass is 10.1. The van der Waals surface area contributed by atoms with Crippen molar-refractivity contribution in [3.05, 3.63) is 54.1 Å². The van der Waals surface area contributed by atoms with Gasteiger partial charge in [0.05, 0.1) is 6.10 Å². The zero-order valence-electron chi connectivity index (χ0n) is 13.5. The Morgan fingerprint density at radius 1 is 1.17 bits per heavy atom. The first kappa shape index (κ1) is 18.4. The summed E-state index contributed by atoms with van der Waals surface area (Å²) in [5.41, 5.74) is 1.02. The lowest BCUT2D eigenvalue weighted by molar-refractivity contribution is -0.161. The van der Waals surface area contributed by atoms with E-state index in [2.05, 4.69) is 15.9 Å². The lowest BCUT2D eigenvalue weighted by Crippen LogP contribution is -2.41. The molecule has 1 heterocycles. The molecule has 0 radical (unpaired) electrons. The fraction of sp³-hybridized carbons (Fsp3) is 0.333. The second-order valence-electron chi connectivity index (χ2n) is 5.28. The summed E-state index contributed by atoms with van der Waals surface area (Å²) < 4.78 is 17.0. The zero-order valence-corrected chi connectivity index (χ0v) is 15.1. The second kappa shape index (κ2) is 8.80. The van der Waals surface area contributed by atoms with E-state index in [1.165, 1.54) is 13.8 Å². The molecule has 0 N–H and O–H groups in total. The predicted octanol–water partition coefficient (Wildman–Crippen LogP) is 3.24. The van der Waals surface area contributed by atoms with Crippen molar-refractivity contribution >= 4 is 32.4 Å². The van der Waals surface area contributed by atoms with Crippen molar-refractivity contribution < 1.29 is 23.8 Å². The zero-order chi connectivity index (χ0) is 17.5. The Morgan fingerprint density at radius 2 is 1.88 bits per heavy atom. The van der Waals surface area contributed by atoms with Gasteiger partial charge in [-0.2, -0.15) is 0 Å². The van der Waals surface area contributed by atoms with Crippen LogP contribution in [-0.2, 0) is 23.8 Å². The molecule has 1 aliphatic rings. The SMILES string of the molecule is CC(=O)OC[C@H]1O[C@H](/C=C(/Br)c2ccccc2)C=C[C@@H]1OC(C)=O. The molecule has 5 nitrogen and oxygen atoms in total. The molecule has 0 saturated carbocycles. The summed E-state index contributed by atoms with van der Waals surface area (Å²) in [4.78, 5) is 22.2. The number of carbonyl (C=O) groups is 2. The van der Waals surface area contributed by atoms with Crippen molar-refractivity contribution in [2.24, 2.45) is 0 Å². The molecular formula is C18H19BrO5. The van der Waals surface area contributed by atoms with Gasteiger partial charge in [0.2, 0.25) is 0 Å². The predicted molar refractivity (Wildman–Crippen MR) is 93.3 cm³/mol. The van der Waals surface area contributed by atoms with E-state index in [0.717, 1.165) is 10.0 Å². The second-order valence-corrected chi connectivity index (χ2v) is 6.14. The van der Waals surface area contributed by atoms with Gasteiger partial charge in [-0.3, -0.25) is 9.59 Å². The standard InChI is InChI=1S/C18H19BrO5/c1-12(20)22-11-18-17(23-13(2)21)9-8-15(24-18)10-16(19)14-6-4-3-5-7-14/h3-10,15,17-18H,11H2,1-2H3/b16-10+/t15-,17-,18+/m0/s1. The van der Waals surface area contributed by atoms with Crippen molar-refractivity contribution in [1.82, 2.24) is 0 Å². The summed E-state index contributed by atoms with van der Waals surface area (Å²) >= 11 is 3.54. The third kappa shape index (κ3) is 5.62. The molecule has 1 aromatic carbocycles. The van der Waals surface area contributed by atoms with Crippen LogP contribution in [0.4, 0.5) is 0 Å². The first-order valence-corrected chi connectivity index (χ1v) is 8.32. The summed E-state index contributed by atoms with van der Waals surface area (Å²) in [5, 5.41) is 0. The average molecular weight is 395 g/mol. The molecule has 3 atom stereocenters. The Bertz CT molecular complexity index is 638. The Labute approximate surface area is 149 Å². The fourth-order valence-corrected chi connectivity index (χ4v) is 2.77. The number of carbonyl (C=O) groups excluding carboxylic acids is 2. The van der Waals surface area contributed by atoms with Crippen LogP contribution in [0.3, 0.4) is 0 Å². The smallest absolute Gasteiger partial charge is 0.303 e. The van der Waals surface area contributed by atoms with Gasteiger partial charge in [-0.1, -0.05) is 52.3 Å².